The van der Waals surface area contributed by atoms with Crippen LogP contribution in [0, 0.1) is 0 Å². The summed E-state index contributed by atoms with van der Waals surface area (Å²) in [6.45, 7) is 2.52. The first-order chi connectivity index (χ1) is 7.45. The number of carboxylic acids is 1. The van der Waals surface area contributed by atoms with Crippen molar-refractivity contribution in [1.82, 2.24) is 9.62 Å². The molecule has 0 aliphatic carbocycles. The number of carboxylic acid groups (broad SMARTS) is 1. The standard InChI is InChI=1S/C9H18N2O4S/c1-2-16(14,15)11-5-3-8(4-6-11)10-7-9(12)13/h8,10H,2-7H2,1H3,(H,12,13). The summed E-state index contributed by atoms with van der Waals surface area (Å²) in [5.74, 6) is -0.760. The van der Waals surface area contributed by atoms with Gasteiger partial charge in [-0.1, -0.05) is 0 Å². The van der Waals surface area contributed by atoms with Crippen LogP contribution in [0.25, 0.3) is 0 Å². The summed E-state index contributed by atoms with van der Waals surface area (Å²) >= 11 is 0. The molecule has 1 saturated heterocycles. The lowest BCUT2D eigenvalue weighted by atomic mass is 10.1. The zero-order valence-electron chi connectivity index (χ0n) is 9.35. The molecular weight excluding hydrogens is 232 g/mol. The molecule has 0 amide bonds. The molecule has 0 bridgehead atoms. The lowest BCUT2D eigenvalue weighted by molar-refractivity contribution is -0.136. The van der Waals surface area contributed by atoms with Crippen molar-refractivity contribution >= 4 is 16.0 Å². The molecule has 1 rings (SSSR count). The van der Waals surface area contributed by atoms with Crippen molar-refractivity contribution in [1.29, 1.82) is 0 Å². The average molecular weight is 250 g/mol. The van der Waals surface area contributed by atoms with Gasteiger partial charge in [-0.15, -0.1) is 0 Å². The summed E-state index contributed by atoms with van der Waals surface area (Å²) in [6.07, 6.45) is 1.35. The van der Waals surface area contributed by atoms with Crippen molar-refractivity contribution in [3.05, 3.63) is 0 Å². The van der Waals surface area contributed by atoms with Gasteiger partial charge in [0.15, 0.2) is 0 Å². The van der Waals surface area contributed by atoms with Crippen LogP contribution in [-0.4, -0.2) is 55.2 Å². The van der Waals surface area contributed by atoms with Gasteiger partial charge in [-0.3, -0.25) is 4.79 Å². The van der Waals surface area contributed by atoms with Gasteiger partial charge in [0, 0.05) is 19.1 Å². The lowest BCUT2D eigenvalue weighted by Gasteiger charge is -2.31. The maximum absolute atomic E-state index is 11.5. The van der Waals surface area contributed by atoms with E-state index in [1.54, 1.807) is 6.92 Å². The average Bonchev–Trinajstić information content (AvgIpc) is 2.27. The topological polar surface area (TPSA) is 86.7 Å². The van der Waals surface area contributed by atoms with E-state index in [1.165, 1.54) is 4.31 Å². The van der Waals surface area contributed by atoms with Crippen molar-refractivity contribution in [2.24, 2.45) is 0 Å². The van der Waals surface area contributed by atoms with E-state index in [9.17, 15) is 13.2 Å². The molecule has 0 unspecified atom stereocenters. The lowest BCUT2D eigenvalue weighted by Crippen LogP contribution is -2.46. The number of aliphatic carboxylic acids is 1. The minimum atomic E-state index is -3.09. The van der Waals surface area contributed by atoms with Crippen LogP contribution in [0.1, 0.15) is 19.8 Å². The zero-order valence-corrected chi connectivity index (χ0v) is 10.2. The van der Waals surface area contributed by atoms with Crippen LogP contribution in [0.2, 0.25) is 0 Å². The van der Waals surface area contributed by atoms with E-state index in [0.29, 0.717) is 25.9 Å². The molecule has 0 radical (unpaired) electrons. The normalized spacial score (nSPS) is 19.8. The Morgan fingerprint density at radius 1 is 1.44 bits per heavy atom. The van der Waals surface area contributed by atoms with E-state index in [0.717, 1.165) is 0 Å². The molecule has 94 valence electrons. The number of nitrogens with zero attached hydrogens (tertiary/aromatic N) is 1. The molecule has 1 heterocycles. The number of sulfonamides is 1. The Bertz CT molecular complexity index is 333. The van der Waals surface area contributed by atoms with Gasteiger partial charge in [0.05, 0.1) is 12.3 Å². The fraction of sp³-hybridized carbons (Fsp3) is 0.889. The number of piperidine rings is 1. The highest BCUT2D eigenvalue weighted by Crippen LogP contribution is 2.14. The highest BCUT2D eigenvalue weighted by molar-refractivity contribution is 7.89. The molecule has 7 heteroatoms. The molecule has 1 fully saturated rings. The number of nitrogens with one attached hydrogen (secondary N) is 1. The van der Waals surface area contributed by atoms with Crippen molar-refractivity contribution in [3.63, 3.8) is 0 Å². The van der Waals surface area contributed by atoms with E-state index >= 15 is 0 Å². The first-order valence-electron chi connectivity index (χ1n) is 5.38. The molecule has 0 aromatic heterocycles. The second-order valence-electron chi connectivity index (χ2n) is 3.85. The fourth-order valence-corrected chi connectivity index (χ4v) is 2.88. The van der Waals surface area contributed by atoms with Crippen molar-refractivity contribution in [3.8, 4) is 0 Å². The Morgan fingerprint density at radius 3 is 2.44 bits per heavy atom. The second-order valence-corrected chi connectivity index (χ2v) is 6.11. The van der Waals surface area contributed by atoms with Crippen LogP contribution in [0.5, 0.6) is 0 Å². The van der Waals surface area contributed by atoms with Gasteiger partial charge in [0.1, 0.15) is 0 Å². The van der Waals surface area contributed by atoms with Crippen LogP contribution in [0.4, 0.5) is 0 Å². The third-order valence-corrected chi connectivity index (χ3v) is 4.64. The summed E-state index contributed by atoms with van der Waals surface area (Å²) < 4.78 is 24.6. The Morgan fingerprint density at radius 2 is 2.00 bits per heavy atom. The number of rotatable bonds is 5. The van der Waals surface area contributed by atoms with Crippen LogP contribution in [0.3, 0.4) is 0 Å². The number of hydrogen-bond donors (Lipinski definition) is 2. The minimum absolute atomic E-state index is 0.0643. The number of carbonyl (C=O) groups is 1. The van der Waals surface area contributed by atoms with Crippen LogP contribution in [0.15, 0.2) is 0 Å². The van der Waals surface area contributed by atoms with Gasteiger partial charge in [-0.25, -0.2) is 12.7 Å². The van der Waals surface area contributed by atoms with Gasteiger partial charge in [-0.2, -0.15) is 0 Å². The smallest absolute Gasteiger partial charge is 0.317 e. The maximum atomic E-state index is 11.5. The van der Waals surface area contributed by atoms with Crippen LogP contribution in [-0.2, 0) is 14.8 Å². The molecule has 1 aliphatic heterocycles. The molecular formula is C9H18N2O4S. The van der Waals surface area contributed by atoms with E-state index < -0.39 is 16.0 Å². The maximum Gasteiger partial charge on any atom is 0.317 e. The van der Waals surface area contributed by atoms with Gasteiger partial charge in [0.2, 0.25) is 10.0 Å². The Labute approximate surface area is 95.7 Å². The Balaban J connectivity index is 2.37. The molecule has 2 N–H and O–H groups in total. The highest BCUT2D eigenvalue weighted by Gasteiger charge is 2.26. The monoisotopic (exact) mass is 250 g/mol. The Kier molecular flexibility index (Phi) is 4.69. The van der Waals surface area contributed by atoms with Crippen molar-refractivity contribution < 1.29 is 18.3 Å². The van der Waals surface area contributed by atoms with Gasteiger partial charge >= 0.3 is 5.97 Å². The minimum Gasteiger partial charge on any atom is -0.480 e. The summed E-state index contributed by atoms with van der Waals surface area (Å²) in [6, 6.07) is 0.111. The summed E-state index contributed by atoms with van der Waals surface area (Å²) in [5.41, 5.74) is 0. The molecule has 1 aliphatic rings. The summed E-state index contributed by atoms with van der Waals surface area (Å²) in [7, 11) is -3.09. The third-order valence-electron chi connectivity index (χ3n) is 2.75. The van der Waals surface area contributed by atoms with Crippen molar-refractivity contribution in [2.45, 2.75) is 25.8 Å². The van der Waals surface area contributed by atoms with Gasteiger partial charge in [-0.05, 0) is 19.8 Å². The van der Waals surface area contributed by atoms with Crippen molar-refractivity contribution in [2.75, 3.05) is 25.4 Å². The van der Waals surface area contributed by atoms with E-state index in [2.05, 4.69) is 5.32 Å². The second kappa shape index (κ2) is 5.60. The fourth-order valence-electron chi connectivity index (χ4n) is 1.75. The van der Waals surface area contributed by atoms with Crippen LogP contribution >= 0.6 is 0 Å². The summed E-state index contributed by atoms with van der Waals surface area (Å²) in [4.78, 5) is 10.3. The van der Waals surface area contributed by atoms with E-state index in [4.69, 9.17) is 5.11 Å². The molecule has 0 aromatic carbocycles. The highest BCUT2D eigenvalue weighted by atomic mass is 32.2. The molecule has 0 atom stereocenters. The van der Waals surface area contributed by atoms with Crippen LogP contribution < -0.4 is 5.32 Å². The molecule has 0 saturated carbocycles. The zero-order chi connectivity index (χ0) is 12.2. The van der Waals surface area contributed by atoms with E-state index in [1.807, 2.05) is 0 Å². The molecule has 0 spiro atoms. The quantitative estimate of drug-likeness (QED) is 0.685. The Hall–Kier alpha value is -0.660. The summed E-state index contributed by atoms with van der Waals surface area (Å²) in [5, 5.41) is 11.4. The first-order valence-corrected chi connectivity index (χ1v) is 6.99. The predicted octanol–water partition coefficient (Wildman–Crippen LogP) is -0.525. The largest absolute Gasteiger partial charge is 0.480 e. The number of hydrogen-bond acceptors (Lipinski definition) is 4. The van der Waals surface area contributed by atoms with Gasteiger partial charge in [0.25, 0.3) is 0 Å². The first kappa shape index (κ1) is 13.4. The molecule has 16 heavy (non-hydrogen) atoms. The molecule has 6 nitrogen and oxygen atoms in total. The SMILES string of the molecule is CCS(=O)(=O)N1CCC(NCC(=O)O)CC1. The molecule has 0 aromatic rings. The predicted molar refractivity (Wildman–Crippen MR) is 59.7 cm³/mol. The third kappa shape index (κ3) is 3.73. The van der Waals surface area contributed by atoms with Gasteiger partial charge < -0.3 is 10.4 Å². The van der Waals surface area contributed by atoms with E-state index in [-0.39, 0.29) is 18.3 Å².